The van der Waals surface area contributed by atoms with Gasteiger partial charge in [0, 0.05) is 20.1 Å². The summed E-state index contributed by atoms with van der Waals surface area (Å²) < 4.78 is 0. The zero-order valence-corrected chi connectivity index (χ0v) is 14.0. The quantitative estimate of drug-likeness (QED) is 0.666. The summed E-state index contributed by atoms with van der Waals surface area (Å²) in [6.45, 7) is 6.72. The molecule has 0 spiro atoms. The van der Waals surface area contributed by atoms with Gasteiger partial charge in [-0.3, -0.25) is 0 Å². The normalized spacial score (nSPS) is 13.8. The van der Waals surface area contributed by atoms with Crippen molar-refractivity contribution in [2.75, 3.05) is 0 Å². The van der Waals surface area contributed by atoms with Crippen LogP contribution in [0.1, 0.15) is 20.8 Å². The minimum Gasteiger partial charge on any atom is -0.327 e. The molecule has 3 heteroatoms. The molecule has 3 radical (unpaired) electrons. The minimum absolute atomic E-state index is 0. The van der Waals surface area contributed by atoms with Gasteiger partial charge in [-0.2, -0.15) is 0 Å². The van der Waals surface area contributed by atoms with Gasteiger partial charge in [0.25, 0.3) is 0 Å². The van der Waals surface area contributed by atoms with Crippen molar-refractivity contribution in [2.45, 2.75) is 32.5 Å². The predicted octanol–water partition coefficient (Wildman–Crippen LogP) is 3.11. The molecule has 2 atom stereocenters. The van der Waals surface area contributed by atoms with E-state index in [1.807, 2.05) is 0 Å². The van der Waals surface area contributed by atoms with Crippen LogP contribution in [-0.2, 0) is 0 Å². The van der Waals surface area contributed by atoms with E-state index >= 15 is 0 Å². The van der Waals surface area contributed by atoms with Gasteiger partial charge in [0.1, 0.15) is 0 Å². The fourth-order valence-electron chi connectivity index (χ4n) is 2.81. The summed E-state index contributed by atoms with van der Waals surface area (Å²) in [7, 11) is -0.418. The summed E-state index contributed by atoms with van der Waals surface area (Å²) in [6.07, 6.45) is 0. The number of rotatable bonds is 5. The lowest BCUT2D eigenvalue weighted by Gasteiger charge is -2.34. The molecule has 0 saturated heterocycles. The van der Waals surface area contributed by atoms with E-state index in [9.17, 15) is 0 Å². The van der Waals surface area contributed by atoms with E-state index in [0.717, 1.165) is 0 Å². The largest absolute Gasteiger partial charge is 0.327 e. The molecule has 1 nitrogen and oxygen atoms in total. The van der Waals surface area contributed by atoms with E-state index in [2.05, 4.69) is 81.4 Å². The molecule has 21 heavy (non-hydrogen) atoms. The van der Waals surface area contributed by atoms with Crippen molar-refractivity contribution in [2.24, 2.45) is 11.7 Å². The first-order valence-corrected chi connectivity index (χ1v) is 8.67. The Labute approximate surface area is 132 Å². The van der Waals surface area contributed by atoms with Gasteiger partial charge in [0.2, 0.25) is 0 Å². The van der Waals surface area contributed by atoms with Crippen molar-refractivity contribution in [1.29, 1.82) is 0 Å². The molecule has 0 heterocycles. The van der Waals surface area contributed by atoms with Gasteiger partial charge >= 0.3 is 0 Å². The average molecular weight is 296 g/mol. The van der Waals surface area contributed by atoms with Crippen molar-refractivity contribution >= 4 is 26.9 Å². The van der Waals surface area contributed by atoms with Crippen LogP contribution < -0.4 is 16.3 Å². The van der Waals surface area contributed by atoms with E-state index in [1.54, 1.807) is 0 Å². The Balaban J connectivity index is 0.00000220. The lowest BCUT2D eigenvalue weighted by atomic mass is 10.1. The van der Waals surface area contributed by atoms with E-state index in [-0.39, 0.29) is 14.5 Å². The monoisotopic (exact) mass is 296 g/mol. The third-order valence-electron chi connectivity index (χ3n) is 3.59. The Morgan fingerprint density at radius 3 is 1.43 bits per heavy atom. The van der Waals surface area contributed by atoms with Crippen LogP contribution in [0.5, 0.6) is 0 Å². The number of nitrogens with two attached hydrogens (primary N) is 1. The molecular formula is C18H24BNP. The molecule has 0 aromatic heterocycles. The first-order valence-electron chi connectivity index (χ1n) is 7.26. The summed E-state index contributed by atoms with van der Waals surface area (Å²) in [5.41, 5.74) is 6.82. The van der Waals surface area contributed by atoms with E-state index in [0.29, 0.717) is 11.6 Å². The Hall–Kier alpha value is -1.11. The molecular weight excluding hydrogens is 272 g/mol. The Kier molecular flexibility index (Phi) is 7.15. The molecule has 0 saturated carbocycles. The summed E-state index contributed by atoms with van der Waals surface area (Å²) in [5.74, 6) is 0.571. The Morgan fingerprint density at radius 2 is 1.14 bits per heavy atom. The van der Waals surface area contributed by atoms with Crippen molar-refractivity contribution in [3.05, 3.63) is 60.7 Å². The van der Waals surface area contributed by atoms with Gasteiger partial charge in [0.05, 0.1) is 0 Å². The molecule has 0 aliphatic heterocycles. The SMILES string of the molecule is CC(C)[C@H]([C@@H](C)N)P(c1ccccc1)c1ccccc1.[B]. The second-order valence-corrected chi connectivity index (χ2v) is 8.00. The summed E-state index contributed by atoms with van der Waals surface area (Å²) >= 11 is 0. The van der Waals surface area contributed by atoms with Gasteiger partial charge in [0.15, 0.2) is 0 Å². The highest BCUT2D eigenvalue weighted by atomic mass is 31.1. The van der Waals surface area contributed by atoms with Gasteiger partial charge in [-0.25, -0.2) is 0 Å². The number of benzene rings is 2. The average Bonchev–Trinajstić information content (AvgIpc) is 2.45. The maximum absolute atomic E-state index is 6.33. The first kappa shape index (κ1) is 17.9. The second kappa shape index (κ2) is 8.36. The number of hydrogen-bond donors (Lipinski definition) is 1. The van der Waals surface area contributed by atoms with Crippen molar-refractivity contribution < 1.29 is 0 Å². The van der Waals surface area contributed by atoms with E-state index < -0.39 is 7.92 Å². The van der Waals surface area contributed by atoms with Gasteiger partial charge < -0.3 is 5.73 Å². The molecule has 0 aliphatic carbocycles. The van der Waals surface area contributed by atoms with Crippen molar-refractivity contribution in [3.8, 4) is 0 Å². The third-order valence-corrected chi connectivity index (χ3v) is 6.96. The van der Waals surface area contributed by atoms with Crippen LogP contribution >= 0.6 is 7.92 Å². The predicted molar refractivity (Wildman–Crippen MR) is 97.1 cm³/mol. The Morgan fingerprint density at radius 1 is 0.762 bits per heavy atom. The molecule has 2 rings (SSSR count). The van der Waals surface area contributed by atoms with Crippen LogP contribution in [0.25, 0.3) is 0 Å². The van der Waals surface area contributed by atoms with E-state index in [1.165, 1.54) is 10.6 Å². The molecule has 0 unspecified atom stereocenters. The molecule has 0 bridgehead atoms. The lowest BCUT2D eigenvalue weighted by Crippen LogP contribution is -2.39. The fourth-order valence-corrected chi connectivity index (χ4v) is 5.85. The number of hydrogen-bond acceptors (Lipinski definition) is 1. The summed E-state index contributed by atoms with van der Waals surface area (Å²) in [6, 6.07) is 21.9. The molecule has 2 N–H and O–H groups in total. The standard InChI is InChI=1S/C18H24NP.B/c1-14(2)18(15(3)19)20(16-10-6-4-7-11-16)17-12-8-5-9-13-17;/h4-15,18H,19H2,1-3H3;/t15-,18-;/m1./s1. The molecule has 2 aromatic rings. The minimum atomic E-state index is -0.418. The summed E-state index contributed by atoms with van der Waals surface area (Å²) in [5, 5.41) is 2.84. The van der Waals surface area contributed by atoms with Crippen LogP contribution in [0, 0.1) is 5.92 Å². The molecule has 2 aromatic carbocycles. The van der Waals surface area contributed by atoms with Crippen molar-refractivity contribution in [3.63, 3.8) is 0 Å². The van der Waals surface area contributed by atoms with Gasteiger partial charge in [-0.05, 0) is 31.4 Å². The maximum atomic E-state index is 6.33. The zero-order valence-electron chi connectivity index (χ0n) is 13.1. The van der Waals surface area contributed by atoms with E-state index in [4.69, 9.17) is 5.73 Å². The highest BCUT2D eigenvalue weighted by molar-refractivity contribution is 7.73. The van der Waals surface area contributed by atoms with Gasteiger partial charge in [-0.1, -0.05) is 74.5 Å². The fraction of sp³-hybridized carbons (Fsp3) is 0.333. The first-order chi connectivity index (χ1) is 9.61. The molecule has 0 aliphatic rings. The van der Waals surface area contributed by atoms with Gasteiger partial charge in [-0.15, -0.1) is 0 Å². The topological polar surface area (TPSA) is 26.0 Å². The van der Waals surface area contributed by atoms with Crippen molar-refractivity contribution in [1.82, 2.24) is 0 Å². The van der Waals surface area contributed by atoms with Crippen LogP contribution in [0.4, 0.5) is 0 Å². The lowest BCUT2D eigenvalue weighted by molar-refractivity contribution is 0.533. The second-order valence-electron chi connectivity index (χ2n) is 5.63. The van der Waals surface area contributed by atoms with Crippen LogP contribution in [0.3, 0.4) is 0 Å². The smallest absolute Gasteiger partial charge is 0.00866 e. The molecule has 109 valence electrons. The van der Waals surface area contributed by atoms with Crippen LogP contribution in [0.15, 0.2) is 60.7 Å². The van der Waals surface area contributed by atoms with Crippen LogP contribution in [-0.4, -0.2) is 20.1 Å². The highest BCUT2D eigenvalue weighted by Crippen LogP contribution is 2.44. The molecule has 0 amide bonds. The highest BCUT2D eigenvalue weighted by Gasteiger charge is 2.29. The Bertz CT molecular complexity index is 466. The third kappa shape index (κ3) is 4.43. The summed E-state index contributed by atoms with van der Waals surface area (Å²) in [4.78, 5) is 0. The molecule has 0 fully saturated rings. The zero-order chi connectivity index (χ0) is 14.5. The van der Waals surface area contributed by atoms with Crippen LogP contribution in [0.2, 0.25) is 0 Å². The maximum Gasteiger partial charge on any atom is 0.00866 e.